The summed E-state index contributed by atoms with van der Waals surface area (Å²) in [6.07, 6.45) is 0. The predicted octanol–water partition coefficient (Wildman–Crippen LogP) is 3.30. The summed E-state index contributed by atoms with van der Waals surface area (Å²) in [6, 6.07) is 14.5. The third-order valence-corrected chi connectivity index (χ3v) is 2.79. The molecule has 1 nitrogen and oxygen atoms in total. The SMILES string of the molecule is CNC(Cl)c1ccc2ccccc2c1. The van der Waals surface area contributed by atoms with Gasteiger partial charge in [0.1, 0.15) is 5.50 Å². The van der Waals surface area contributed by atoms with Crippen molar-refractivity contribution in [1.82, 2.24) is 5.32 Å². The Morgan fingerprint density at radius 2 is 1.79 bits per heavy atom. The zero-order chi connectivity index (χ0) is 9.97. The monoisotopic (exact) mass is 205 g/mol. The summed E-state index contributed by atoms with van der Waals surface area (Å²) >= 11 is 6.08. The fraction of sp³-hybridized carbons (Fsp3) is 0.167. The first kappa shape index (κ1) is 9.50. The maximum Gasteiger partial charge on any atom is 0.108 e. The van der Waals surface area contributed by atoms with Crippen LogP contribution in [0.3, 0.4) is 0 Å². The third-order valence-electron chi connectivity index (χ3n) is 2.32. The molecule has 72 valence electrons. The molecule has 0 aliphatic heterocycles. The van der Waals surface area contributed by atoms with E-state index in [4.69, 9.17) is 11.6 Å². The van der Waals surface area contributed by atoms with E-state index in [0.29, 0.717) is 0 Å². The molecule has 2 rings (SSSR count). The van der Waals surface area contributed by atoms with Crippen molar-refractivity contribution in [3.8, 4) is 0 Å². The molecular weight excluding hydrogens is 194 g/mol. The van der Waals surface area contributed by atoms with Gasteiger partial charge in [0.2, 0.25) is 0 Å². The van der Waals surface area contributed by atoms with Crippen molar-refractivity contribution in [2.24, 2.45) is 0 Å². The minimum absolute atomic E-state index is 0.111. The molecule has 0 fully saturated rings. The van der Waals surface area contributed by atoms with Gasteiger partial charge < -0.3 is 5.32 Å². The Labute approximate surface area is 88.7 Å². The Morgan fingerprint density at radius 3 is 2.50 bits per heavy atom. The summed E-state index contributed by atoms with van der Waals surface area (Å²) in [7, 11) is 1.85. The smallest absolute Gasteiger partial charge is 0.108 e. The normalized spacial score (nSPS) is 13.0. The minimum atomic E-state index is -0.111. The summed E-state index contributed by atoms with van der Waals surface area (Å²) in [4.78, 5) is 0. The highest BCUT2D eigenvalue weighted by Gasteiger charge is 2.04. The van der Waals surface area contributed by atoms with Crippen LogP contribution in [0.5, 0.6) is 0 Å². The zero-order valence-corrected chi connectivity index (χ0v) is 8.75. The van der Waals surface area contributed by atoms with E-state index < -0.39 is 0 Å². The highest BCUT2D eigenvalue weighted by Crippen LogP contribution is 2.22. The molecule has 2 heteroatoms. The number of rotatable bonds is 2. The van der Waals surface area contributed by atoms with E-state index in [1.165, 1.54) is 10.8 Å². The van der Waals surface area contributed by atoms with E-state index in [0.717, 1.165) is 5.56 Å². The second kappa shape index (κ2) is 3.99. The van der Waals surface area contributed by atoms with Crippen LogP contribution >= 0.6 is 11.6 Å². The van der Waals surface area contributed by atoms with Gasteiger partial charge in [0.25, 0.3) is 0 Å². The quantitative estimate of drug-likeness (QED) is 0.586. The summed E-state index contributed by atoms with van der Waals surface area (Å²) < 4.78 is 0. The Morgan fingerprint density at radius 1 is 1.07 bits per heavy atom. The van der Waals surface area contributed by atoms with E-state index in [1.54, 1.807) is 0 Å². The van der Waals surface area contributed by atoms with Crippen molar-refractivity contribution in [3.05, 3.63) is 48.0 Å². The van der Waals surface area contributed by atoms with Gasteiger partial charge in [-0.05, 0) is 29.4 Å². The van der Waals surface area contributed by atoms with Crippen LogP contribution in [0.4, 0.5) is 0 Å². The van der Waals surface area contributed by atoms with Crippen molar-refractivity contribution in [3.63, 3.8) is 0 Å². The number of nitrogens with one attached hydrogen (secondary N) is 1. The molecule has 0 spiro atoms. The molecule has 0 aliphatic rings. The fourth-order valence-corrected chi connectivity index (χ4v) is 1.67. The van der Waals surface area contributed by atoms with Gasteiger partial charge >= 0.3 is 0 Å². The van der Waals surface area contributed by atoms with Gasteiger partial charge in [-0.25, -0.2) is 0 Å². The van der Waals surface area contributed by atoms with Crippen LogP contribution in [-0.4, -0.2) is 7.05 Å². The molecule has 0 aliphatic carbocycles. The lowest BCUT2D eigenvalue weighted by Gasteiger charge is -2.09. The van der Waals surface area contributed by atoms with E-state index in [1.807, 2.05) is 19.2 Å². The number of hydrogen-bond donors (Lipinski definition) is 1. The number of benzene rings is 2. The molecule has 0 amide bonds. The standard InChI is InChI=1S/C12H12ClN/c1-14-12(13)11-7-6-9-4-2-3-5-10(9)8-11/h2-8,12,14H,1H3. The van der Waals surface area contributed by atoms with Crippen molar-refractivity contribution >= 4 is 22.4 Å². The van der Waals surface area contributed by atoms with Crippen LogP contribution in [-0.2, 0) is 0 Å². The summed E-state index contributed by atoms with van der Waals surface area (Å²) in [6.45, 7) is 0. The third kappa shape index (κ3) is 1.74. The summed E-state index contributed by atoms with van der Waals surface area (Å²) in [5, 5.41) is 5.49. The van der Waals surface area contributed by atoms with Crippen molar-refractivity contribution < 1.29 is 0 Å². The second-order valence-electron chi connectivity index (χ2n) is 3.26. The van der Waals surface area contributed by atoms with Crippen LogP contribution < -0.4 is 5.32 Å². The Hall–Kier alpha value is -1.05. The Balaban J connectivity index is 2.51. The number of fused-ring (bicyclic) bond motifs is 1. The topological polar surface area (TPSA) is 12.0 Å². The lowest BCUT2D eigenvalue weighted by molar-refractivity contribution is 0.785. The van der Waals surface area contributed by atoms with Crippen molar-refractivity contribution in [2.75, 3.05) is 7.05 Å². The average Bonchev–Trinajstić information content (AvgIpc) is 2.27. The van der Waals surface area contributed by atoms with Crippen molar-refractivity contribution in [1.29, 1.82) is 0 Å². The fourth-order valence-electron chi connectivity index (χ4n) is 1.53. The summed E-state index contributed by atoms with van der Waals surface area (Å²) in [5.41, 5.74) is 0.993. The van der Waals surface area contributed by atoms with Gasteiger partial charge in [-0.2, -0.15) is 0 Å². The van der Waals surface area contributed by atoms with E-state index in [9.17, 15) is 0 Å². The molecule has 1 N–H and O–H groups in total. The van der Waals surface area contributed by atoms with Crippen LogP contribution in [0.2, 0.25) is 0 Å². The first-order valence-electron chi connectivity index (χ1n) is 4.61. The highest BCUT2D eigenvalue weighted by atomic mass is 35.5. The van der Waals surface area contributed by atoms with Crippen molar-refractivity contribution in [2.45, 2.75) is 5.50 Å². The van der Waals surface area contributed by atoms with Crippen LogP contribution in [0, 0.1) is 0 Å². The lowest BCUT2D eigenvalue weighted by Crippen LogP contribution is -2.09. The predicted molar refractivity (Wildman–Crippen MR) is 61.6 cm³/mol. The number of hydrogen-bond acceptors (Lipinski definition) is 1. The maximum absolute atomic E-state index is 6.08. The molecule has 1 atom stereocenters. The highest BCUT2D eigenvalue weighted by molar-refractivity contribution is 6.20. The van der Waals surface area contributed by atoms with Crippen LogP contribution in [0.25, 0.3) is 10.8 Å². The molecule has 14 heavy (non-hydrogen) atoms. The second-order valence-corrected chi connectivity index (χ2v) is 3.69. The molecule has 1 unspecified atom stereocenters. The zero-order valence-electron chi connectivity index (χ0n) is 8.00. The molecule has 0 saturated heterocycles. The number of alkyl halides is 1. The average molecular weight is 206 g/mol. The van der Waals surface area contributed by atoms with Gasteiger partial charge in [-0.15, -0.1) is 11.6 Å². The molecule has 2 aromatic carbocycles. The first-order valence-corrected chi connectivity index (χ1v) is 5.05. The van der Waals surface area contributed by atoms with E-state index in [2.05, 4.69) is 35.6 Å². The molecule has 0 aromatic heterocycles. The van der Waals surface area contributed by atoms with Gasteiger partial charge in [0.05, 0.1) is 0 Å². The molecule has 0 saturated carbocycles. The Kier molecular flexibility index (Phi) is 2.71. The number of halogens is 1. The molecule has 0 radical (unpaired) electrons. The van der Waals surface area contributed by atoms with E-state index >= 15 is 0 Å². The van der Waals surface area contributed by atoms with Gasteiger partial charge in [0, 0.05) is 0 Å². The minimum Gasteiger partial charge on any atom is -0.301 e. The molecule has 0 bridgehead atoms. The molecule has 0 heterocycles. The van der Waals surface area contributed by atoms with Crippen LogP contribution in [0.15, 0.2) is 42.5 Å². The van der Waals surface area contributed by atoms with E-state index in [-0.39, 0.29) is 5.50 Å². The summed E-state index contributed by atoms with van der Waals surface area (Å²) in [5.74, 6) is 0. The molecular formula is C12H12ClN. The Bertz CT molecular complexity index is 439. The van der Waals surface area contributed by atoms with Gasteiger partial charge in [-0.3, -0.25) is 0 Å². The largest absolute Gasteiger partial charge is 0.301 e. The van der Waals surface area contributed by atoms with Crippen LogP contribution in [0.1, 0.15) is 11.1 Å². The first-order chi connectivity index (χ1) is 6.81. The lowest BCUT2D eigenvalue weighted by atomic mass is 10.1. The van der Waals surface area contributed by atoms with Gasteiger partial charge in [-0.1, -0.05) is 36.4 Å². The maximum atomic E-state index is 6.08. The van der Waals surface area contributed by atoms with Gasteiger partial charge in [0.15, 0.2) is 0 Å². The molecule has 2 aromatic rings.